The van der Waals surface area contributed by atoms with Gasteiger partial charge in [-0.25, -0.2) is 4.79 Å². The van der Waals surface area contributed by atoms with E-state index in [4.69, 9.17) is 16.7 Å². The third-order valence-corrected chi connectivity index (χ3v) is 2.73. The fourth-order valence-electron chi connectivity index (χ4n) is 1.63. The van der Waals surface area contributed by atoms with Crippen molar-refractivity contribution in [3.8, 4) is 0 Å². The molecule has 0 radical (unpaired) electrons. The Morgan fingerprint density at radius 1 is 1.59 bits per heavy atom. The van der Waals surface area contributed by atoms with Gasteiger partial charge in [0.05, 0.1) is 17.3 Å². The number of nitrogens with zero attached hydrogens (tertiary/aromatic N) is 2. The monoisotopic (exact) mass is 250 g/mol. The molecule has 0 atom stereocenters. The number of carboxylic acid groups (broad SMARTS) is 1. The summed E-state index contributed by atoms with van der Waals surface area (Å²) in [5.41, 5.74) is 2.02. The Morgan fingerprint density at radius 2 is 2.35 bits per heavy atom. The Morgan fingerprint density at radius 3 is 3.00 bits per heavy atom. The summed E-state index contributed by atoms with van der Waals surface area (Å²) in [7, 11) is 0. The highest BCUT2D eigenvalue weighted by molar-refractivity contribution is 6.30. The molecule has 2 rings (SSSR count). The molecule has 0 aromatic carbocycles. The molecule has 0 aliphatic carbocycles. The van der Waals surface area contributed by atoms with Crippen LogP contribution in [0.3, 0.4) is 0 Å². The van der Waals surface area contributed by atoms with Gasteiger partial charge in [0.25, 0.3) is 0 Å². The van der Waals surface area contributed by atoms with Crippen molar-refractivity contribution in [3.05, 3.63) is 52.6 Å². The maximum absolute atomic E-state index is 11.0. The third kappa shape index (κ3) is 2.47. The number of aromatic nitrogens is 2. The zero-order chi connectivity index (χ0) is 12.4. The van der Waals surface area contributed by atoms with Crippen LogP contribution in [0.15, 0.2) is 30.6 Å². The first-order valence-corrected chi connectivity index (χ1v) is 5.45. The van der Waals surface area contributed by atoms with E-state index in [1.165, 1.54) is 6.07 Å². The van der Waals surface area contributed by atoms with E-state index in [2.05, 4.69) is 4.98 Å². The second kappa shape index (κ2) is 4.59. The lowest BCUT2D eigenvalue weighted by Crippen LogP contribution is -2.10. The largest absolute Gasteiger partial charge is 0.477 e. The quantitative estimate of drug-likeness (QED) is 0.911. The summed E-state index contributed by atoms with van der Waals surface area (Å²) in [5, 5.41) is 9.44. The first-order valence-electron chi connectivity index (χ1n) is 5.07. The molecule has 2 heterocycles. The summed E-state index contributed by atoms with van der Waals surface area (Å²) in [5.74, 6) is -0.995. The van der Waals surface area contributed by atoms with E-state index in [0.717, 1.165) is 11.3 Å². The molecule has 1 N–H and O–H groups in total. The average Bonchev–Trinajstić information content (AvgIpc) is 2.63. The SMILES string of the molecule is Cc1cccnc1Cn1cc(Cl)cc1C(=O)O. The molecule has 0 unspecified atom stereocenters. The summed E-state index contributed by atoms with van der Waals surface area (Å²) in [4.78, 5) is 15.2. The highest BCUT2D eigenvalue weighted by atomic mass is 35.5. The molecule has 2 aromatic rings. The molecule has 0 bridgehead atoms. The first kappa shape index (κ1) is 11.7. The van der Waals surface area contributed by atoms with Gasteiger partial charge < -0.3 is 9.67 Å². The zero-order valence-electron chi connectivity index (χ0n) is 9.22. The lowest BCUT2D eigenvalue weighted by atomic mass is 10.2. The lowest BCUT2D eigenvalue weighted by Gasteiger charge is -2.07. The summed E-state index contributed by atoms with van der Waals surface area (Å²) < 4.78 is 1.58. The molecule has 0 aliphatic rings. The van der Waals surface area contributed by atoms with Crippen LogP contribution >= 0.6 is 11.6 Å². The predicted molar refractivity (Wildman–Crippen MR) is 64.5 cm³/mol. The van der Waals surface area contributed by atoms with Crippen LogP contribution in [0.2, 0.25) is 5.02 Å². The number of hydrogen-bond donors (Lipinski definition) is 1. The smallest absolute Gasteiger partial charge is 0.352 e. The molecule has 2 aromatic heterocycles. The maximum atomic E-state index is 11.0. The number of rotatable bonds is 3. The molecule has 0 aliphatic heterocycles. The highest BCUT2D eigenvalue weighted by Gasteiger charge is 2.12. The fourth-order valence-corrected chi connectivity index (χ4v) is 1.85. The maximum Gasteiger partial charge on any atom is 0.352 e. The minimum atomic E-state index is -0.995. The Labute approximate surface area is 103 Å². The van der Waals surface area contributed by atoms with Crippen molar-refractivity contribution in [1.29, 1.82) is 0 Å². The Balaban J connectivity index is 2.36. The highest BCUT2D eigenvalue weighted by Crippen LogP contribution is 2.16. The van der Waals surface area contributed by atoms with Gasteiger partial charge in [-0.2, -0.15) is 0 Å². The number of aryl methyl sites for hydroxylation is 1. The van der Waals surface area contributed by atoms with Gasteiger partial charge in [-0.15, -0.1) is 0 Å². The van der Waals surface area contributed by atoms with Gasteiger partial charge >= 0.3 is 5.97 Å². The van der Waals surface area contributed by atoms with Crippen molar-refractivity contribution in [2.24, 2.45) is 0 Å². The fraction of sp³-hybridized carbons (Fsp3) is 0.167. The van der Waals surface area contributed by atoms with Gasteiger partial charge in [0, 0.05) is 12.4 Å². The van der Waals surface area contributed by atoms with Gasteiger partial charge in [0.2, 0.25) is 0 Å². The van der Waals surface area contributed by atoms with E-state index in [9.17, 15) is 4.79 Å². The van der Waals surface area contributed by atoms with Gasteiger partial charge in [0.15, 0.2) is 0 Å². The second-order valence-electron chi connectivity index (χ2n) is 3.74. The minimum absolute atomic E-state index is 0.167. The van der Waals surface area contributed by atoms with Crippen LogP contribution in [0.5, 0.6) is 0 Å². The summed E-state index contributed by atoms with van der Waals surface area (Å²) in [6, 6.07) is 5.22. The van der Waals surface area contributed by atoms with Crippen molar-refractivity contribution >= 4 is 17.6 Å². The molecule has 17 heavy (non-hydrogen) atoms. The molecule has 4 nitrogen and oxygen atoms in total. The molecule has 0 spiro atoms. The number of carbonyl (C=O) groups is 1. The van der Waals surface area contributed by atoms with Gasteiger partial charge in [-0.1, -0.05) is 17.7 Å². The molecular weight excluding hydrogens is 240 g/mol. The van der Waals surface area contributed by atoms with Crippen molar-refractivity contribution in [1.82, 2.24) is 9.55 Å². The number of pyridine rings is 1. The summed E-state index contributed by atoms with van der Waals surface area (Å²) in [6.45, 7) is 2.34. The molecule has 88 valence electrons. The lowest BCUT2D eigenvalue weighted by molar-refractivity contribution is 0.0685. The van der Waals surface area contributed by atoms with Crippen LogP contribution < -0.4 is 0 Å². The summed E-state index contributed by atoms with van der Waals surface area (Å²) >= 11 is 5.81. The first-order chi connectivity index (χ1) is 8.08. The standard InChI is InChI=1S/C12H11ClN2O2/c1-8-3-2-4-14-10(8)7-15-6-9(13)5-11(15)12(16)17/h2-6H,7H2,1H3,(H,16,17). The molecule has 0 saturated heterocycles. The van der Waals surface area contributed by atoms with Crippen LogP contribution in [0.4, 0.5) is 0 Å². The van der Waals surface area contributed by atoms with E-state index < -0.39 is 5.97 Å². The van der Waals surface area contributed by atoms with Crippen LogP contribution in [-0.2, 0) is 6.54 Å². The molecule has 0 saturated carbocycles. The van der Waals surface area contributed by atoms with Crippen molar-refractivity contribution in [2.75, 3.05) is 0 Å². The third-order valence-electron chi connectivity index (χ3n) is 2.52. The molecule has 0 amide bonds. The van der Waals surface area contributed by atoms with E-state index in [-0.39, 0.29) is 5.69 Å². The van der Waals surface area contributed by atoms with Crippen LogP contribution in [0, 0.1) is 6.92 Å². The number of halogens is 1. The van der Waals surface area contributed by atoms with Gasteiger partial charge in [-0.3, -0.25) is 4.98 Å². The van der Waals surface area contributed by atoms with E-state index >= 15 is 0 Å². The Hall–Kier alpha value is -1.81. The number of hydrogen-bond acceptors (Lipinski definition) is 2. The van der Waals surface area contributed by atoms with E-state index in [1.54, 1.807) is 17.0 Å². The normalized spacial score (nSPS) is 10.5. The van der Waals surface area contributed by atoms with Crippen LogP contribution in [0.1, 0.15) is 21.7 Å². The zero-order valence-corrected chi connectivity index (χ0v) is 9.98. The molecular formula is C12H11ClN2O2. The minimum Gasteiger partial charge on any atom is -0.477 e. The topological polar surface area (TPSA) is 55.1 Å². The second-order valence-corrected chi connectivity index (χ2v) is 4.18. The summed E-state index contributed by atoms with van der Waals surface area (Å²) in [6.07, 6.45) is 3.28. The average molecular weight is 251 g/mol. The van der Waals surface area contributed by atoms with Crippen molar-refractivity contribution < 1.29 is 9.90 Å². The van der Waals surface area contributed by atoms with Crippen molar-refractivity contribution in [2.45, 2.75) is 13.5 Å². The van der Waals surface area contributed by atoms with E-state index in [1.807, 2.05) is 19.1 Å². The molecule has 5 heteroatoms. The Kier molecular flexibility index (Phi) is 3.15. The van der Waals surface area contributed by atoms with Crippen LogP contribution in [-0.4, -0.2) is 20.6 Å². The number of carboxylic acids is 1. The predicted octanol–water partition coefficient (Wildman–Crippen LogP) is 2.59. The van der Waals surface area contributed by atoms with E-state index in [0.29, 0.717) is 11.6 Å². The molecule has 0 fully saturated rings. The van der Waals surface area contributed by atoms with Gasteiger partial charge in [0.1, 0.15) is 5.69 Å². The van der Waals surface area contributed by atoms with Crippen molar-refractivity contribution in [3.63, 3.8) is 0 Å². The Bertz CT molecular complexity index is 563. The van der Waals surface area contributed by atoms with Crippen LogP contribution in [0.25, 0.3) is 0 Å². The number of aromatic carboxylic acids is 1. The van der Waals surface area contributed by atoms with Gasteiger partial charge in [-0.05, 0) is 24.6 Å².